The van der Waals surface area contributed by atoms with Crippen LogP contribution in [0.25, 0.3) is 6.08 Å². The molecule has 0 radical (unpaired) electrons. The van der Waals surface area contributed by atoms with Crippen LogP contribution < -0.4 is 4.72 Å². The number of hydrogen-bond donors (Lipinski definition) is 1. The minimum absolute atomic E-state index is 0.0536. The van der Waals surface area contributed by atoms with E-state index >= 15 is 0 Å². The summed E-state index contributed by atoms with van der Waals surface area (Å²) in [5, 5.41) is 1.04. The van der Waals surface area contributed by atoms with Crippen molar-refractivity contribution in [1.29, 1.82) is 0 Å². The molecule has 0 aromatic carbocycles. The molecule has 4 unspecified atom stereocenters. The Bertz CT molecular complexity index is 1250. The molecule has 13 heteroatoms. The van der Waals surface area contributed by atoms with Crippen molar-refractivity contribution >= 4 is 56.8 Å². The normalized spacial score (nSPS) is 29.1. The number of fused-ring (bicyclic) bond motifs is 1. The second kappa shape index (κ2) is 12.5. The average molecular weight is 613 g/mol. The highest BCUT2D eigenvalue weighted by molar-refractivity contribution is 7.92. The van der Waals surface area contributed by atoms with Gasteiger partial charge in [-0.05, 0) is 75.6 Å². The minimum atomic E-state index is -3.86. The number of thiophene rings is 1. The van der Waals surface area contributed by atoms with Crippen molar-refractivity contribution in [3.8, 4) is 0 Å². The molecule has 4 aliphatic rings. The van der Waals surface area contributed by atoms with Gasteiger partial charge in [-0.3, -0.25) is 14.4 Å². The molecule has 3 aliphatic heterocycles. The lowest BCUT2D eigenvalue weighted by molar-refractivity contribution is -0.150. The fourth-order valence-electron chi connectivity index (χ4n) is 6.30. The summed E-state index contributed by atoms with van der Waals surface area (Å²) >= 11 is 7.16. The van der Waals surface area contributed by atoms with E-state index in [1.165, 1.54) is 22.3 Å². The van der Waals surface area contributed by atoms with Crippen LogP contribution in [0.5, 0.6) is 0 Å². The van der Waals surface area contributed by atoms with E-state index in [0.29, 0.717) is 60.1 Å². The Morgan fingerprint density at radius 2 is 2.00 bits per heavy atom. The van der Waals surface area contributed by atoms with Crippen LogP contribution in [0.3, 0.4) is 0 Å². The van der Waals surface area contributed by atoms with Crippen LogP contribution in [-0.4, -0.2) is 98.9 Å². The van der Waals surface area contributed by atoms with Gasteiger partial charge in [0, 0.05) is 42.5 Å². The molecule has 0 bridgehead atoms. The summed E-state index contributed by atoms with van der Waals surface area (Å²) in [6, 6.07) is 2.58. The van der Waals surface area contributed by atoms with Gasteiger partial charge in [-0.15, -0.1) is 11.3 Å². The smallest absolute Gasteiger partial charge is 0.310 e. The van der Waals surface area contributed by atoms with Crippen LogP contribution in [0.15, 0.2) is 17.5 Å². The first-order chi connectivity index (χ1) is 19.1. The summed E-state index contributed by atoms with van der Waals surface area (Å²) in [4.78, 5) is 45.3. The average Bonchev–Trinajstić information content (AvgIpc) is 3.42. The Kier molecular flexibility index (Phi) is 9.20. The van der Waals surface area contributed by atoms with E-state index in [1.54, 1.807) is 12.1 Å². The molecule has 1 aliphatic carbocycles. The monoisotopic (exact) mass is 612 g/mol. The second-order valence-electron chi connectivity index (χ2n) is 11.2. The molecule has 1 N–H and O–H groups in total. The zero-order valence-corrected chi connectivity index (χ0v) is 25.1. The number of sulfonamides is 1. The number of esters is 1. The summed E-state index contributed by atoms with van der Waals surface area (Å²) < 4.78 is 33.5. The number of likely N-dealkylation sites (tertiary alicyclic amines) is 3. The fraction of sp³-hybridized carbons (Fsp3) is 0.667. The number of nitrogens with zero attached hydrogens (tertiary/aromatic N) is 3. The summed E-state index contributed by atoms with van der Waals surface area (Å²) in [6.45, 7) is 5.52. The molecular formula is C27H37ClN4O6S2. The lowest BCUT2D eigenvalue weighted by atomic mass is 9.97. The summed E-state index contributed by atoms with van der Waals surface area (Å²) in [6.07, 6.45) is 5.30. The van der Waals surface area contributed by atoms with Crippen molar-refractivity contribution in [2.24, 2.45) is 17.8 Å². The van der Waals surface area contributed by atoms with Crippen LogP contribution in [0.4, 0.5) is 0 Å². The molecule has 4 heterocycles. The topological polar surface area (TPSA) is 116 Å². The first-order valence-corrected chi connectivity index (χ1v) is 16.8. The summed E-state index contributed by atoms with van der Waals surface area (Å²) in [5.74, 6) is 0.233. The number of piperidine rings is 3. The molecule has 2 amide bonds. The van der Waals surface area contributed by atoms with Gasteiger partial charge in [0.05, 0.1) is 23.4 Å². The number of carbonyl (C=O) groups excluding carboxylic acids is 3. The van der Waals surface area contributed by atoms with Crippen LogP contribution >= 0.6 is 22.9 Å². The van der Waals surface area contributed by atoms with Crippen molar-refractivity contribution in [2.75, 3.05) is 45.9 Å². The highest BCUT2D eigenvalue weighted by atomic mass is 35.5. The molecular weight excluding hydrogens is 576 g/mol. The van der Waals surface area contributed by atoms with E-state index < -0.39 is 16.1 Å². The third-order valence-corrected chi connectivity index (χ3v) is 10.7. The molecule has 1 saturated carbocycles. The maximum Gasteiger partial charge on any atom is 0.310 e. The van der Waals surface area contributed by atoms with Gasteiger partial charge in [0.2, 0.25) is 21.8 Å². The molecule has 5 rings (SSSR count). The number of hydrogen-bond acceptors (Lipinski definition) is 8. The zero-order chi connectivity index (χ0) is 28.4. The van der Waals surface area contributed by atoms with Crippen molar-refractivity contribution in [2.45, 2.75) is 51.1 Å². The SMILES string of the molecule is CCOC(=O)C1CCCN(CC2C3CC3CN2C(=O)CN2CCC[C@H](NS(=O)(=O)/C=C/c3ccc(Cl)s3)C2=O)C1. The van der Waals surface area contributed by atoms with Gasteiger partial charge >= 0.3 is 5.97 Å². The van der Waals surface area contributed by atoms with E-state index in [0.717, 1.165) is 37.8 Å². The van der Waals surface area contributed by atoms with Crippen molar-refractivity contribution in [3.63, 3.8) is 0 Å². The lowest BCUT2D eigenvalue weighted by Gasteiger charge is -2.38. The highest BCUT2D eigenvalue weighted by Crippen LogP contribution is 2.50. The number of carbonyl (C=O) groups is 3. The van der Waals surface area contributed by atoms with Gasteiger partial charge in [-0.2, -0.15) is 4.72 Å². The molecule has 1 aromatic rings. The Morgan fingerprint density at radius 3 is 2.75 bits per heavy atom. The van der Waals surface area contributed by atoms with E-state index in [1.807, 2.05) is 11.8 Å². The van der Waals surface area contributed by atoms with Crippen LogP contribution in [-0.2, 0) is 29.1 Å². The van der Waals surface area contributed by atoms with E-state index in [-0.39, 0.29) is 36.3 Å². The fourth-order valence-corrected chi connectivity index (χ4v) is 8.37. The molecule has 3 saturated heterocycles. The maximum atomic E-state index is 13.5. The maximum absolute atomic E-state index is 13.5. The molecule has 220 valence electrons. The molecule has 1 aromatic heterocycles. The van der Waals surface area contributed by atoms with Crippen LogP contribution in [0.2, 0.25) is 4.34 Å². The van der Waals surface area contributed by atoms with E-state index in [2.05, 4.69) is 9.62 Å². The van der Waals surface area contributed by atoms with Gasteiger partial charge in [-0.1, -0.05) is 11.6 Å². The van der Waals surface area contributed by atoms with Gasteiger partial charge < -0.3 is 19.4 Å². The zero-order valence-electron chi connectivity index (χ0n) is 22.7. The predicted octanol–water partition coefficient (Wildman–Crippen LogP) is 2.40. The largest absolute Gasteiger partial charge is 0.466 e. The summed E-state index contributed by atoms with van der Waals surface area (Å²) in [7, 11) is -3.86. The van der Waals surface area contributed by atoms with Gasteiger partial charge in [-0.25, -0.2) is 8.42 Å². The first kappa shape index (κ1) is 29.5. The quantitative estimate of drug-likeness (QED) is 0.403. The number of halogens is 1. The Labute approximate surface area is 244 Å². The molecule has 10 nitrogen and oxygen atoms in total. The first-order valence-electron chi connectivity index (χ1n) is 14.1. The Hall–Kier alpha value is -1.99. The highest BCUT2D eigenvalue weighted by Gasteiger charge is 2.54. The minimum Gasteiger partial charge on any atom is -0.466 e. The third-order valence-electron chi connectivity index (χ3n) is 8.36. The van der Waals surface area contributed by atoms with Crippen LogP contribution in [0.1, 0.15) is 43.9 Å². The van der Waals surface area contributed by atoms with Crippen molar-refractivity contribution in [3.05, 3.63) is 26.8 Å². The second-order valence-corrected chi connectivity index (χ2v) is 14.5. The molecule has 4 fully saturated rings. The summed E-state index contributed by atoms with van der Waals surface area (Å²) in [5.41, 5.74) is 0. The lowest BCUT2D eigenvalue weighted by Crippen LogP contribution is -2.56. The van der Waals surface area contributed by atoms with Crippen molar-refractivity contribution < 1.29 is 27.5 Å². The van der Waals surface area contributed by atoms with Crippen molar-refractivity contribution in [1.82, 2.24) is 19.4 Å². The Balaban J connectivity index is 1.16. The van der Waals surface area contributed by atoms with Gasteiger partial charge in [0.25, 0.3) is 0 Å². The van der Waals surface area contributed by atoms with E-state index in [9.17, 15) is 22.8 Å². The number of nitrogens with one attached hydrogen (secondary N) is 1. The molecule has 40 heavy (non-hydrogen) atoms. The third kappa shape index (κ3) is 7.07. The number of ether oxygens (including phenoxy) is 1. The predicted molar refractivity (Wildman–Crippen MR) is 153 cm³/mol. The number of rotatable bonds is 10. The molecule has 5 atom stereocenters. The van der Waals surface area contributed by atoms with Crippen LogP contribution in [0, 0.1) is 17.8 Å². The van der Waals surface area contributed by atoms with Gasteiger partial charge in [0.15, 0.2) is 0 Å². The number of amides is 2. The molecule has 0 spiro atoms. The Morgan fingerprint density at radius 1 is 1.20 bits per heavy atom. The standard InChI is InChI=1S/C27H37ClN4O6S2/c1-2-38-27(35)18-5-3-10-30(14-18)16-23-21-13-19(21)15-32(23)25(33)17-31-11-4-6-22(26(31)34)29-40(36,37)12-9-20-7-8-24(28)39-20/h7-9,12,18-19,21-23,29H,2-6,10-11,13-17H2,1H3/b12-9+/t18?,19?,21?,22-,23?/m0/s1. The van der Waals surface area contributed by atoms with Gasteiger partial charge in [0.1, 0.15) is 6.04 Å². The van der Waals surface area contributed by atoms with E-state index in [4.69, 9.17) is 16.3 Å².